The number of carbonyl (C=O) groups excluding carboxylic acids is 1. The first-order valence-electron chi connectivity index (χ1n) is 8.85. The third kappa shape index (κ3) is 3.84. The van der Waals surface area contributed by atoms with Crippen LogP contribution in [-0.2, 0) is 24.8 Å². The molecule has 2 aromatic rings. The van der Waals surface area contributed by atoms with Gasteiger partial charge in [-0.1, -0.05) is 6.92 Å². The lowest BCUT2D eigenvalue weighted by molar-refractivity contribution is -0.0140. The number of ether oxygens (including phenoxy) is 1. The molecular weight excluding hydrogens is 320 g/mol. The molecule has 0 aliphatic carbocycles. The Kier molecular flexibility index (Phi) is 5.37. The molecule has 3 heterocycles. The van der Waals surface area contributed by atoms with E-state index in [1.165, 1.54) is 0 Å². The molecule has 2 amide bonds. The number of aryl methyl sites for hydroxylation is 3. The second-order valence-electron chi connectivity index (χ2n) is 6.21. The predicted molar refractivity (Wildman–Crippen MR) is 94.4 cm³/mol. The third-order valence-electron chi connectivity index (χ3n) is 4.56. The number of rotatable bonds is 5. The van der Waals surface area contributed by atoms with Crippen molar-refractivity contribution in [3.05, 3.63) is 30.0 Å². The van der Waals surface area contributed by atoms with E-state index in [0.29, 0.717) is 12.4 Å². The number of hydrogen-bond donors (Lipinski definition) is 2. The highest BCUT2D eigenvalue weighted by Gasteiger charge is 2.31. The zero-order chi connectivity index (χ0) is 17.8. The normalized spacial score (nSPS) is 20.4. The molecule has 8 heteroatoms. The molecule has 2 atom stereocenters. The van der Waals surface area contributed by atoms with Gasteiger partial charge in [-0.2, -0.15) is 5.10 Å². The second kappa shape index (κ2) is 7.69. The summed E-state index contributed by atoms with van der Waals surface area (Å²) >= 11 is 0. The third-order valence-corrected chi connectivity index (χ3v) is 4.56. The highest BCUT2D eigenvalue weighted by atomic mass is 16.5. The van der Waals surface area contributed by atoms with Crippen LogP contribution in [0.15, 0.2) is 18.5 Å². The monoisotopic (exact) mass is 346 g/mol. The summed E-state index contributed by atoms with van der Waals surface area (Å²) in [7, 11) is 1.87. The van der Waals surface area contributed by atoms with Crippen molar-refractivity contribution in [1.29, 1.82) is 0 Å². The highest BCUT2D eigenvalue weighted by Crippen LogP contribution is 2.27. The molecule has 0 bridgehead atoms. The molecule has 1 aliphatic heterocycles. The van der Waals surface area contributed by atoms with E-state index in [0.717, 1.165) is 37.3 Å². The van der Waals surface area contributed by atoms with Crippen LogP contribution in [0.4, 0.5) is 10.6 Å². The average molecular weight is 346 g/mol. The first-order chi connectivity index (χ1) is 12.1. The van der Waals surface area contributed by atoms with Gasteiger partial charge in [-0.25, -0.2) is 9.78 Å². The molecular formula is C17H26N6O2. The number of hydrogen-bond acceptors (Lipinski definition) is 4. The topological polar surface area (TPSA) is 86.0 Å². The van der Waals surface area contributed by atoms with Crippen molar-refractivity contribution in [2.24, 2.45) is 7.05 Å². The predicted octanol–water partition coefficient (Wildman–Crippen LogP) is 2.24. The number of carbonyl (C=O) groups is 1. The van der Waals surface area contributed by atoms with Crippen LogP contribution in [0.1, 0.15) is 44.3 Å². The Hall–Kier alpha value is -2.35. The maximum Gasteiger partial charge on any atom is 0.320 e. The molecule has 136 valence electrons. The molecule has 0 saturated carbocycles. The number of nitrogens with one attached hydrogen (secondary N) is 2. The number of imidazole rings is 1. The average Bonchev–Trinajstić information content (AvgIpc) is 3.21. The summed E-state index contributed by atoms with van der Waals surface area (Å²) in [5, 5.41) is 10.1. The van der Waals surface area contributed by atoms with Gasteiger partial charge in [-0.15, -0.1) is 0 Å². The van der Waals surface area contributed by atoms with E-state index in [-0.39, 0.29) is 18.2 Å². The standard InChI is InChI=1S/C17H26N6O2/c1-4-12-11-14(21-22(12)3)20-17(24)19-13-7-6-10-25-15(13)16-18-8-9-23(16)5-2/h8-9,11,13,15H,4-7,10H2,1-3H3,(H2,19,20,21,24)/t13-,15-/m1/s1. The van der Waals surface area contributed by atoms with Crippen molar-refractivity contribution < 1.29 is 9.53 Å². The summed E-state index contributed by atoms with van der Waals surface area (Å²) in [5.41, 5.74) is 1.07. The molecule has 0 spiro atoms. The van der Waals surface area contributed by atoms with Crippen molar-refractivity contribution >= 4 is 11.8 Å². The van der Waals surface area contributed by atoms with E-state index in [1.807, 2.05) is 19.3 Å². The van der Waals surface area contributed by atoms with Crippen LogP contribution >= 0.6 is 0 Å². The molecule has 0 radical (unpaired) electrons. The molecule has 1 fully saturated rings. The summed E-state index contributed by atoms with van der Waals surface area (Å²) in [6.45, 7) is 5.62. The number of nitrogens with zero attached hydrogens (tertiary/aromatic N) is 4. The van der Waals surface area contributed by atoms with Gasteiger partial charge in [0.1, 0.15) is 11.9 Å². The lowest BCUT2D eigenvalue weighted by Crippen LogP contribution is -2.45. The number of amides is 2. The van der Waals surface area contributed by atoms with E-state index in [4.69, 9.17) is 4.74 Å². The summed E-state index contributed by atoms with van der Waals surface area (Å²) in [6, 6.07) is 1.50. The maximum atomic E-state index is 12.4. The Labute approximate surface area is 147 Å². The molecule has 1 aliphatic rings. The molecule has 0 aromatic carbocycles. The van der Waals surface area contributed by atoms with Gasteiger partial charge in [0.15, 0.2) is 5.82 Å². The van der Waals surface area contributed by atoms with E-state index < -0.39 is 0 Å². The van der Waals surface area contributed by atoms with E-state index in [1.54, 1.807) is 10.9 Å². The SMILES string of the molecule is CCc1cc(NC(=O)N[C@@H]2CCCO[C@H]2c2nccn2CC)nn1C. The minimum Gasteiger partial charge on any atom is -0.368 e. The first-order valence-corrected chi connectivity index (χ1v) is 8.85. The minimum absolute atomic E-state index is 0.115. The molecule has 0 unspecified atom stereocenters. The van der Waals surface area contributed by atoms with Crippen LogP contribution < -0.4 is 10.6 Å². The fourth-order valence-corrected chi connectivity index (χ4v) is 3.25. The van der Waals surface area contributed by atoms with E-state index in [2.05, 4.69) is 39.1 Å². The summed E-state index contributed by atoms with van der Waals surface area (Å²) in [5.74, 6) is 1.42. The smallest absolute Gasteiger partial charge is 0.320 e. The van der Waals surface area contributed by atoms with Crippen LogP contribution in [0, 0.1) is 0 Å². The van der Waals surface area contributed by atoms with Crippen molar-refractivity contribution in [1.82, 2.24) is 24.6 Å². The van der Waals surface area contributed by atoms with Gasteiger partial charge in [0.05, 0.1) is 6.04 Å². The fourth-order valence-electron chi connectivity index (χ4n) is 3.25. The molecule has 25 heavy (non-hydrogen) atoms. The van der Waals surface area contributed by atoms with Crippen molar-refractivity contribution in [2.45, 2.75) is 51.8 Å². The number of anilines is 1. The van der Waals surface area contributed by atoms with Crippen molar-refractivity contribution in [3.8, 4) is 0 Å². The summed E-state index contributed by atoms with van der Waals surface area (Å²) in [4.78, 5) is 16.8. The zero-order valence-electron chi connectivity index (χ0n) is 15.0. The van der Waals surface area contributed by atoms with Gasteiger partial charge in [0, 0.05) is 44.4 Å². The minimum atomic E-state index is -0.268. The van der Waals surface area contributed by atoms with E-state index in [9.17, 15) is 4.79 Å². The Morgan fingerprint density at radius 2 is 2.28 bits per heavy atom. The van der Waals surface area contributed by atoms with Crippen LogP contribution in [0.25, 0.3) is 0 Å². The fraction of sp³-hybridized carbons (Fsp3) is 0.588. The summed E-state index contributed by atoms with van der Waals surface area (Å²) < 4.78 is 9.75. The lowest BCUT2D eigenvalue weighted by Gasteiger charge is -2.32. The largest absolute Gasteiger partial charge is 0.368 e. The van der Waals surface area contributed by atoms with Crippen LogP contribution in [-0.4, -0.2) is 38.0 Å². The maximum absolute atomic E-state index is 12.4. The van der Waals surface area contributed by atoms with Gasteiger partial charge in [0.2, 0.25) is 0 Å². The van der Waals surface area contributed by atoms with E-state index >= 15 is 0 Å². The van der Waals surface area contributed by atoms with Gasteiger partial charge in [0.25, 0.3) is 0 Å². The Balaban J connectivity index is 1.67. The number of urea groups is 1. The quantitative estimate of drug-likeness (QED) is 0.869. The summed E-state index contributed by atoms with van der Waals surface area (Å²) in [6.07, 6.45) is 6.11. The second-order valence-corrected chi connectivity index (χ2v) is 6.21. The van der Waals surface area contributed by atoms with Gasteiger partial charge >= 0.3 is 6.03 Å². The van der Waals surface area contributed by atoms with Gasteiger partial charge in [-0.3, -0.25) is 10.00 Å². The Morgan fingerprint density at radius 3 is 3.00 bits per heavy atom. The molecule has 3 rings (SSSR count). The van der Waals surface area contributed by atoms with Gasteiger partial charge in [-0.05, 0) is 26.2 Å². The Morgan fingerprint density at radius 1 is 1.44 bits per heavy atom. The first kappa shape index (κ1) is 17.5. The molecule has 2 N–H and O–H groups in total. The van der Waals surface area contributed by atoms with Gasteiger partial charge < -0.3 is 14.6 Å². The van der Waals surface area contributed by atoms with Crippen LogP contribution in [0.5, 0.6) is 0 Å². The van der Waals surface area contributed by atoms with Crippen LogP contribution in [0.3, 0.4) is 0 Å². The van der Waals surface area contributed by atoms with Crippen LogP contribution in [0.2, 0.25) is 0 Å². The highest BCUT2D eigenvalue weighted by molar-refractivity contribution is 5.88. The lowest BCUT2D eigenvalue weighted by atomic mass is 10.0. The number of aromatic nitrogens is 4. The molecule has 1 saturated heterocycles. The zero-order valence-corrected chi connectivity index (χ0v) is 15.0. The molecule has 2 aromatic heterocycles. The molecule has 8 nitrogen and oxygen atoms in total. The van der Waals surface area contributed by atoms with Crippen molar-refractivity contribution in [2.75, 3.05) is 11.9 Å². The van der Waals surface area contributed by atoms with Crippen molar-refractivity contribution in [3.63, 3.8) is 0 Å². The Bertz CT molecular complexity index is 723.